The molecule has 0 aliphatic rings. The van der Waals surface area contributed by atoms with Crippen LogP contribution in [0.1, 0.15) is 33.6 Å². The number of nitrogens with zero attached hydrogens (tertiary/aromatic N) is 2. The topological polar surface area (TPSA) is 51.0 Å². The fraction of sp³-hybridized carbons (Fsp3) is 0.778. The van der Waals surface area contributed by atoms with E-state index in [4.69, 9.17) is 16.0 Å². The van der Waals surface area contributed by atoms with E-state index in [0.29, 0.717) is 11.9 Å². The Morgan fingerprint density at radius 3 is 2.50 bits per heavy atom. The Morgan fingerprint density at radius 1 is 1.43 bits per heavy atom. The van der Waals surface area contributed by atoms with Crippen molar-refractivity contribution >= 4 is 17.6 Å². The maximum absolute atomic E-state index is 5.54. The number of alkyl halides is 1. The third-order valence-corrected chi connectivity index (χ3v) is 2.45. The van der Waals surface area contributed by atoms with Crippen LogP contribution in [-0.4, -0.2) is 16.2 Å². The summed E-state index contributed by atoms with van der Waals surface area (Å²) in [7, 11) is 0. The van der Waals surface area contributed by atoms with Gasteiger partial charge in [0, 0.05) is 6.04 Å². The van der Waals surface area contributed by atoms with Crippen molar-refractivity contribution in [3.05, 3.63) is 5.89 Å². The summed E-state index contributed by atoms with van der Waals surface area (Å²) in [5.41, 5.74) is 0.148. The summed E-state index contributed by atoms with van der Waals surface area (Å²) in [4.78, 5) is 0. The Balaban J connectivity index is 2.60. The molecular formula is C9H16ClN3O. The highest BCUT2D eigenvalue weighted by Gasteiger charge is 2.21. The quantitative estimate of drug-likeness (QED) is 0.791. The van der Waals surface area contributed by atoms with Gasteiger partial charge in [0.1, 0.15) is 5.88 Å². The van der Waals surface area contributed by atoms with E-state index in [1.807, 2.05) is 0 Å². The summed E-state index contributed by atoms with van der Waals surface area (Å²) in [6.45, 7) is 8.50. The van der Waals surface area contributed by atoms with E-state index >= 15 is 0 Å². The molecule has 0 aliphatic carbocycles. The van der Waals surface area contributed by atoms with Gasteiger partial charge in [-0.05, 0) is 12.3 Å². The second-order valence-electron chi connectivity index (χ2n) is 4.37. The highest BCUT2D eigenvalue weighted by molar-refractivity contribution is 6.16. The van der Waals surface area contributed by atoms with Crippen molar-refractivity contribution in [3.8, 4) is 0 Å². The van der Waals surface area contributed by atoms with Crippen molar-refractivity contribution in [2.24, 2.45) is 5.41 Å². The molecule has 4 nitrogen and oxygen atoms in total. The van der Waals surface area contributed by atoms with Crippen LogP contribution in [0.5, 0.6) is 0 Å². The zero-order valence-electron chi connectivity index (χ0n) is 8.97. The van der Waals surface area contributed by atoms with Crippen molar-refractivity contribution in [1.29, 1.82) is 0 Å². The van der Waals surface area contributed by atoms with Crippen LogP contribution in [0.3, 0.4) is 0 Å². The number of hydrogen-bond donors (Lipinski definition) is 1. The van der Waals surface area contributed by atoms with Crippen LogP contribution in [-0.2, 0) is 5.88 Å². The molecule has 0 saturated carbocycles. The minimum absolute atomic E-state index is 0.148. The predicted octanol–water partition coefficient (Wildman–Crippen LogP) is 2.65. The summed E-state index contributed by atoms with van der Waals surface area (Å²) in [6.07, 6.45) is 0. The third kappa shape index (κ3) is 2.87. The van der Waals surface area contributed by atoms with Gasteiger partial charge in [0.05, 0.1) is 0 Å². The van der Waals surface area contributed by atoms with Crippen LogP contribution in [0, 0.1) is 5.41 Å². The Hall–Kier alpha value is -0.770. The van der Waals surface area contributed by atoms with E-state index < -0.39 is 0 Å². The van der Waals surface area contributed by atoms with Crippen molar-refractivity contribution in [3.63, 3.8) is 0 Å². The van der Waals surface area contributed by atoms with Gasteiger partial charge in [-0.1, -0.05) is 25.9 Å². The van der Waals surface area contributed by atoms with Crippen molar-refractivity contribution in [1.82, 2.24) is 10.2 Å². The molecule has 1 aromatic rings. The SMILES string of the molecule is CC(Nc1nnc(CCl)o1)C(C)(C)C. The van der Waals surface area contributed by atoms with E-state index in [9.17, 15) is 0 Å². The number of halogens is 1. The molecule has 5 heteroatoms. The molecule has 1 heterocycles. The zero-order valence-corrected chi connectivity index (χ0v) is 9.72. The average molecular weight is 218 g/mol. The number of anilines is 1. The number of nitrogens with one attached hydrogen (secondary N) is 1. The molecule has 1 atom stereocenters. The fourth-order valence-electron chi connectivity index (χ4n) is 0.768. The maximum atomic E-state index is 5.54. The Kier molecular flexibility index (Phi) is 3.37. The second kappa shape index (κ2) is 4.17. The molecule has 1 N–H and O–H groups in total. The van der Waals surface area contributed by atoms with Gasteiger partial charge in [-0.15, -0.1) is 16.7 Å². The highest BCUT2D eigenvalue weighted by atomic mass is 35.5. The smallest absolute Gasteiger partial charge is 0.315 e. The van der Waals surface area contributed by atoms with Crippen LogP contribution in [0.25, 0.3) is 0 Å². The van der Waals surface area contributed by atoms with Crippen molar-refractivity contribution in [2.75, 3.05) is 5.32 Å². The first kappa shape index (κ1) is 11.3. The Labute approximate surface area is 89.0 Å². The van der Waals surface area contributed by atoms with Gasteiger partial charge in [-0.2, -0.15) is 0 Å². The lowest BCUT2D eigenvalue weighted by atomic mass is 9.88. The van der Waals surface area contributed by atoms with Gasteiger partial charge in [0.15, 0.2) is 0 Å². The molecule has 1 rings (SSSR count). The monoisotopic (exact) mass is 217 g/mol. The lowest BCUT2D eigenvalue weighted by Gasteiger charge is -2.26. The zero-order chi connectivity index (χ0) is 10.8. The van der Waals surface area contributed by atoms with Crippen LogP contribution >= 0.6 is 11.6 Å². The summed E-state index contributed by atoms with van der Waals surface area (Å²) >= 11 is 5.54. The minimum atomic E-state index is 0.148. The Bertz CT molecular complexity index is 292. The molecule has 0 saturated heterocycles. The van der Waals surface area contributed by atoms with E-state index in [2.05, 4.69) is 43.2 Å². The fourth-order valence-corrected chi connectivity index (χ4v) is 0.876. The summed E-state index contributed by atoms with van der Waals surface area (Å²) in [6, 6.07) is 0.689. The first-order valence-corrected chi connectivity index (χ1v) is 5.12. The molecule has 0 aliphatic heterocycles. The van der Waals surface area contributed by atoms with E-state index in [0.717, 1.165) is 0 Å². The standard InChI is InChI=1S/C9H16ClN3O/c1-6(9(2,3)4)11-8-13-12-7(5-10)14-8/h6H,5H2,1-4H3,(H,11,13). The third-order valence-electron chi connectivity index (χ3n) is 2.22. The largest absolute Gasteiger partial charge is 0.407 e. The second-order valence-corrected chi connectivity index (χ2v) is 4.63. The summed E-state index contributed by atoms with van der Waals surface area (Å²) in [5, 5.41) is 10.7. The van der Waals surface area contributed by atoms with Crippen LogP contribution in [0.15, 0.2) is 4.42 Å². The molecule has 1 unspecified atom stereocenters. The molecule has 1 aromatic heterocycles. The predicted molar refractivity (Wildman–Crippen MR) is 56.4 cm³/mol. The molecule has 80 valence electrons. The molecule has 14 heavy (non-hydrogen) atoms. The van der Waals surface area contributed by atoms with Crippen molar-refractivity contribution < 1.29 is 4.42 Å². The molecule has 0 radical (unpaired) electrons. The van der Waals surface area contributed by atoms with Gasteiger partial charge < -0.3 is 9.73 Å². The normalized spacial score (nSPS) is 14.1. The molecule has 0 amide bonds. The molecule has 0 spiro atoms. The van der Waals surface area contributed by atoms with Gasteiger partial charge >= 0.3 is 6.01 Å². The molecule has 0 aromatic carbocycles. The summed E-state index contributed by atoms with van der Waals surface area (Å²) < 4.78 is 5.23. The molecule has 0 fully saturated rings. The van der Waals surface area contributed by atoms with Crippen LogP contribution < -0.4 is 5.32 Å². The minimum Gasteiger partial charge on any atom is -0.407 e. The van der Waals surface area contributed by atoms with Gasteiger partial charge in [-0.3, -0.25) is 0 Å². The lowest BCUT2D eigenvalue weighted by molar-refractivity contribution is 0.351. The van der Waals surface area contributed by atoms with Gasteiger partial charge in [-0.25, -0.2) is 0 Å². The lowest BCUT2D eigenvalue weighted by Crippen LogP contribution is -2.30. The maximum Gasteiger partial charge on any atom is 0.315 e. The number of hydrogen-bond acceptors (Lipinski definition) is 4. The average Bonchev–Trinajstić information content (AvgIpc) is 2.50. The van der Waals surface area contributed by atoms with Gasteiger partial charge in [0.2, 0.25) is 5.89 Å². The molecule has 0 bridgehead atoms. The highest BCUT2D eigenvalue weighted by Crippen LogP contribution is 2.22. The Morgan fingerprint density at radius 2 is 2.07 bits per heavy atom. The van der Waals surface area contributed by atoms with E-state index in [-0.39, 0.29) is 17.3 Å². The summed E-state index contributed by atoms with van der Waals surface area (Å²) in [5.74, 6) is 0.689. The van der Waals surface area contributed by atoms with Crippen molar-refractivity contribution in [2.45, 2.75) is 39.6 Å². The van der Waals surface area contributed by atoms with E-state index in [1.54, 1.807) is 0 Å². The van der Waals surface area contributed by atoms with Gasteiger partial charge in [0.25, 0.3) is 0 Å². The van der Waals surface area contributed by atoms with E-state index in [1.165, 1.54) is 0 Å². The van der Waals surface area contributed by atoms with Crippen LogP contribution in [0.4, 0.5) is 6.01 Å². The first-order valence-electron chi connectivity index (χ1n) is 4.58. The van der Waals surface area contributed by atoms with Crippen LogP contribution in [0.2, 0.25) is 0 Å². The molecular weight excluding hydrogens is 202 g/mol. The number of rotatable bonds is 3. The number of aromatic nitrogens is 2. The first-order chi connectivity index (χ1) is 6.43.